The smallest absolute Gasteiger partial charge is 0.449 e. The second-order valence-corrected chi connectivity index (χ2v) is 7.86. The molecule has 5 nitrogen and oxygen atoms in total. The maximum Gasteiger partial charge on any atom is 0.449 e. The van der Waals surface area contributed by atoms with E-state index in [1.165, 1.54) is 0 Å². The molecule has 0 aromatic heterocycles. The summed E-state index contributed by atoms with van der Waals surface area (Å²) in [6.07, 6.45) is -2.88. The molecule has 0 aromatic rings. The van der Waals surface area contributed by atoms with E-state index in [1.54, 1.807) is 14.0 Å². The van der Waals surface area contributed by atoms with Gasteiger partial charge < -0.3 is 14.8 Å². The molecule has 1 spiro atoms. The van der Waals surface area contributed by atoms with Crippen molar-refractivity contribution in [2.45, 2.75) is 63.4 Å². The average Bonchev–Trinajstić information content (AvgIpc) is 2.76. The van der Waals surface area contributed by atoms with Gasteiger partial charge in [0.1, 0.15) is 0 Å². The van der Waals surface area contributed by atoms with E-state index in [2.05, 4.69) is 12.2 Å². The lowest BCUT2D eigenvalue weighted by atomic mass is 9.59. The third-order valence-electron chi connectivity index (χ3n) is 6.28. The van der Waals surface area contributed by atoms with E-state index in [1.807, 2.05) is 0 Å². The summed E-state index contributed by atoms with van der Waals surface area (Å²) >= 11 is 0. The molecule has 5 rings (SSSR count). The Kier molecular flexibility index (Phi) is 3.92. The van der Waals surface area contributed by atoms with Crippen molar-refractivity contribution >= 4 is 0 Å². The number of ether oxygens (including phenoxy) is 2. The van der Waals surface area contributed by atoms with E-state index in [9.17, 15) is 13.2 Å². The molecular formula is C17H24F3NO4. The molecule has 4 fully saturated rings. The van der Waals surface area contributed by atoms with Gasteiger partial charge >= 0.3 is 6.18 Å². The monoisotopic (exact) mass is 363 g/mol. The van der Waals surface area contributed by atoms with Crippen LogP contribution in [0, 0.1) is 17.8 Å². The van der Waals surface area contributed by atoms with E-state index < -0.39 is 35.5 Å². The maximum absolute atomic E-state index is 13.7. The molecular weight excluding hydrogens is 339 g/mol. The van der Waals surface area contributed by atoms with Gasteiger partial charge in [0.25, 0.3) is 0 Å². The molecule has 4 heterocycles. The largest absolute Gasteiger partial charge is 0.456 e. The van der Waals surface area contributed by atoms with Crippen LogP contribution in [0.15, 0.2) is 11.3 Å². The van der Waals surface area contributed by atoms with Crippen LogP contribution in [0.2, 0.25) is 0 Å². The van der Waals surface area contributed by atoms with Crippen LogP contribution in [-0.2, 0) is 19.2 Å². The molecule has 3 saturated heterocycles. The van der Waals surface area contributed by atoms with Crippen LogP contribution in [0.1, 0.15) is 39.5 Å². The van der Waals surface area contributed by atoms with Crippen molar-refractivity contribution in [3.8, 4) is 0 Å². The standard InChI is InChI=1S/C17H24F3NO4/c1-9-4-5-12-10(8-21-3)13(17(18,19)20)22-14-16(12)11(9)6-7-15(2,23-14)24-25-16/h9,11-12,14,21H,4-8H2,1-3H3/t9-,11?,12+,14-,15?,16?/m1/s1. The van der Waals surface area contributed by atoms with Gasteiger partial charge in [-0.25, -0.2) is 9.78 Å². The van der Waals surface area contributed by atoms with Crippen molar-refractivity contribution in [2.24, 2.45) is 17.8 Å². The van der Waals surface area contributed by atoms with Crippen LogP contribution in [0.4, 0.5) is 13.2 Å². The Morgan fingerprint density at radius 3 is 2.64 bits per heavy atom. The lowest BCUT2D eigenvalue weighted by molar-refractivity contribution is -0.557. The number of allylic oxidation sites excluding steroid dienone is 1. The third kappa shape index (κ3) is 2.44. The zero-order valence-electron chi connectivity index (χ0n) is 14.6. The normalized spacial score (nSPS) is 46.5. The quantitative estimate of drug-likeness (QED) is 0.763. The maximum atomic E-state index is 13.7. The van der Waals surface area contributed by atoms with Gasteiger partial charge in [0.2, 0.25) is 17.8 Å². The number of hydrogen-bond donors (Lipinski definition) is 1. The first-order valence-corrected chi connectivity index (χ1v) is 8.87. The van der Waals surface area contributed by atoms with Crippen molar-refractivity contribution in [1.29, 1.82) is 0 Å². The number of alkyl halides is 3. The summed E-state index contributed by atoms with van der Waals surface area (Å²) < 4.78 is 52.4. The molecule has 4 aliphatic heterocycles. The first-order chi connectivity index (χ1) is 11.7. The molecule has 6 atom stereocenters. The number of fused-ring (bicyclic) bond motifs is 2. The molecule has 8 heteroatoms. The van der Waals surface area contributed by atoms with Crippen molar-refractivity contribution in [3.05, 3.63) is 11.3 Å². The summed E-state index contributed by atoms with van der Waals surface area (Å²) in [7, 11) is 1.63. The zero-order chi connectivity index (χ0) is 18.0. The number of likely N-dealkylation sites (N-methyl/N-ethyl adjacent to an activating group) is 1. The molecule has 3 unspecified atom stereocenters. The Morgan fingerprint density at radius 2 is 1.96 bits per heavy atom. The molecule has 1 saturated carbocycles. The molecule has 1 aliphatic carbocycles. The second-order valence-electron chi connectivity index (χ2n) is 7.86. The fourth-order valence-electron chi connectivity index (χ4n) is 5.13. The first-order valence-electron chi connectivity index (χ1n) is 8.87. The van der Waals surface area contributed by atoms with Crippen LogP contribution in [0.3, 0.4) is 0 Å². The van der Waals surface area contributed by atoms with E-state index in [-0.39, 0.29) is 18.0 Å². The predicted molar refractivity (Wildman–Crippen MR) is 80.9 cm³/mol. The van der Waals surface area contributed by atoms with E-state index in [4.69, 9.17) is 19.2 Å². The third-order valence-corrected chi connectivity index (χ3v) is 6.28. The van der Waals surface area contributed by atoms with Crippen molar-refractivity contribution < 1.29 is 32.4 Å². The summed E-state index contributed by atoms with van der Waals surface area (Å²) in [5.74, 6) is -2.12. The van der Waals surface area contributed by atoms with E-state index in [0.717, 1.165) is 12.8 Å². The zero-order valence-corrected chi connectivity index (χ0v) is 14.6. The summed E-state index contributed by atoms with van der Waals surface area (Å²) in [6, 6.07) is 0. The highest BCUT2D eigenvalue weighted by molar-refractivity contribution is 5.28. The Hall–Kier alpha value is -0.830. The molecule has 1 N–H and O–H groups in total. The van der Waals surface area contributed by atoms with Gasteiger partial charge in [0, 0.05) is 24.8 Å². The molecule has 0 aromatic carbocycles. The Balaban J connectivity index is 1.87. The molecule has 25 heavy (non-hydrogen) atoms. The number of hydrogen-bond acceptors (Lipinski definition) is 5. The SMILES string of the molecule is CNCC1=C(C(F)(F)F)O[C@@H]2OC3(C)CCC4[C@H](C)CC[C@@H]1C42OO3. The summed E-state index contributed by atoms with van der Waals surface area (Å²) in [4.78, 5) is 11.4. The van der Waals surface area contributed by atoms with Crippen LogP contribution >= 0.6 is 0 Å². The summed E-state index contributed by atoms with van der Waals surface area (Å²) in [5.41, 5.74) is -0.810. The van der Waals surface area contributed by atoms with Crippen molar-refractivity contribution in [1.82, 2.24) is 5.32 Å². The van der Waals surface area contributed by atoms with Crippen molar-refractivity contribution in [2.75, 3.05) is 13.6 Å². The second kappa shape index (κ2) is 5.58. The van der Waals surface area contributed by atoms with Crippen molar-refractivity contribution in [3.63, 3.8) is 0 Å². The predicted octanol–water partition coefficient (Wildman–Crippen LogP) is 3.27. The topological polar surface area (TPSA) is 49.0 Å². The average molecular weight is 363 g/mol. The molecule has 142 valence electrons. The van der Waals surface area contributed by atoms with Gasteiger partial charge in [-0.2, -0.15) is 13.2 Å². The highest BCUT2D eigenvalue weighted by atomic mass is 19.4. The minimum Gasteiger partial charge on any atom is -0.456 e. The number of halogens is 3. The first kappa shape index (κ1) is 17.6. The number of rotatable bonds is 2. The minimum atomic E-state index is -4.57. The van der Waals surface area contributed by atoms with Gasteiger partial charge in [0.05, 0.1) is 0 Å². The Labute approximate surface area is 144 Å². The van der Waals surface area contributed by atoms with Gasteiger partial charge in [-0.3, -0.25) is 0 Å². The fraction of sp³-hybridized carbons (Fsp3) is 0.882. The molecule has 0 radical (unpaired) electrons. The van der Waals surface area contributed by atoms with Crippen LogP contribution in [0.25, 0.3) is 0 Å². The minimum absolute atomic E-state index is 0.0298. The van der Waals surface area contributed by atoms with E-state index in [0.29, 0.717) is 18.8 Å². The Bertz CT molecular complexity index is 595. The molecule has 5 aliphatic rings. The van der Waals surface area contributed by atoms with Crippen LogP contribution in [-0.4, -0.2) is 37.4 Å². The summed E-state index contributed by atoms with van der Waals surface area (Å²) in [5, 5.41) is 2.85. The molecule has 2 bridgehead atoms. The highest BCUT2D eigenvalue weighted by Crippen LogP contribution is 2.61. The van der Waals surface area contributed by atoms with Gasteiger partial charge in [-0.05, 0) is 44.7 Å². The van der Waals surface area contributed by atoms with Crippen LogP contribution < -0.4 is 5.32 Å². The lowest BCUT2D eigenvalue weighted by Crippen LogP contribution is -2.67. The van der Waals surface area contributed by atoms with E-state index >= 15 is 0 Å². The van der Waals surface area contributed by atoms with Gasteiger partial charge in [-0.1, -0.05) is 6.92 Å². The van der Waals surface area contributed by atoms with Gasteiger partial charge in [0.15, 0.2) is 5.60 Å². The lowest BCUT2D eigenvalue weighted by Gasteiger charge is -2.57. The fourth-order valence-corrected chi connectivity index (χ4v) is 5.13. The number of nitrogens with one attached hydrogen (secondary N) is 1. The van der Waals surface area contributed by atoms with Crippen LogP contribution in [0.5, 0.6) is 0 Å². The highest BCUT2D eigenvalue weighted by Gasteiger charge is 2.70. The van der Waals surface area contributed by atoms with Gasteiger partial charge in [-0.15, -0.1) is 0 Å². The summed E-state index contributed by atoms with van der Waals surface area (Å²) in [6.45, 7) is 3.91. The Morgan fingerprint density at radius 1 is 1.20 bits per heavy atom. The molecule has 0 amide bonds.